The minimum absolute atomic E-state index is 0.775. The Balaban J connectivity index is 0.000000173. The van der Waals surface area contributed by atoms with Gasteiger partial charge in [0.05, 0.1) is 28.3 Å². The number of allylic oxidation sites excluding steroid dienone is 4. The van der Waals surface area contributed by atoms with Crippen LogP contribution in [0.15, 0.2) is 129 Å². The number of hydrogen-bond acceptors (Lipinski definition) is 8. The molecule has 356 valence electrons. The van der Waals surface area contributed by atoms with Gasteiger partial charge in [0, 0.05) is 89.6 Å². The van der Waals surface area contributed by atoms with E-state index in [1.807, 2.05) is 107 Å². The van der Waals surface area contributed by atoms with Crippen molar-refractivity contribution >= 4 is 58.5 Å². The van der Waals surface area contributed by atoms with Crippen molar-refractivity contribution in [2.24, 2.45) is 13.0 Å². The van der Waals surface area contributed by atoms with Gasteiger partial charge in [0.2, 0.25) is 0 Å². The van der Waals surface area contributed by atoms with Gasteiger partial charge in [-0.05, 0) is 137 Å². The van der Waals surface area contributed by atoms with Gasteiger partial charge < -0.3 is 9.97 Å². The Labute approximate surface area is 412 Å². The Morgan fingerprint density at radius 3 is 1.66 bits per heavy atom. The zero-order chi connectivity index (χ0) is 49.3. The minimum Gasteiger partial charge on any atom is -0.338 e. The second kappa shape index (κ2) is 21.8. The largest absolute Gasteiger partial charge is 0.338 e. The van der Waals surface area contributed by atoms with Gasteiger partial charge >= 0.3 is 0 Å². The summed E-state index contributed by atoms with van der Waals surface area (Å²) < 4.78 is 1.79. The lowest BCUT2D eigenvalue weighted by atomic mass is 9.85. The molecule has 1 saturated carbocycles. The van der Waals surface area contributed by atoms with E-state index < -0.39 is 0 Å². The molecule has 1 fully saturated rings. The standard InChI is InChI=1S/C32H32N6.C24H21N7.C2H6/c1-21(26-17-24(19-34-20-26)16-23-6-4-3-5-7-23)8-9-29-22(2)31(38-37-29)30-18-28-27(12-15-35-32(28)36-30)25-10-13-33-14-11-25;1-15(18-13-27-31(3)14-18)4-5-21-16(2)23(30-29-21)22-12-20-19(8-11-26-24(20)28-22)17-6-9-25-10-7-17;1-2/h8-15,17-20,23,37H,2-7,16H2,1H3,(H,35,36);4-14,29H,2H2,1,3H3,(H,26,28);1-2H3/b21-8+,29-9+;15-4+,21-5+;. The molecule has 13 heteroatoms. The first-order valence-electron chi connectivity index (χ1n) is 24.3. The highest BCUT2D eigenvalue weighted by molar-refractivity contribution is 5.97. The Kier molecular flexibility index (Phi) is 14.6. The first-order chi connectivity index (χ1) is 34.8. The fourth-order valence-corrected chi connectivity index (χ4v) is 9.13. The van der Waals surface area contributed by atoms with Crippen molar-refractivity contribution in [1.82, 2.24) is 65.1 Å². The minimum atomic E-state index is 0.775. The summed E-state index contributed by atoms with van der Waals surface area (Å²) in [7, 11) is 1.91. The number of pyridine rings is 5. The average Bonchev–Trinajstić information content (AvgIpc) is 4.28. The number of fused-ring (bicyclic) bond motifs is 2. The molecule has 71 heavy (non-hydrogen) atoms. The molecule has 0 radical (unpaired) electrons. The van der Waals surface area contributed by atoms with Crippen LogP contribution in [-0.2, 0) is 13.5 Å². The summed E-state index contributed by atoms with van der Waals surface area (Å²) in [5.41, 5.74) is 15.2. The summed E-state index contributed by atoms with van der Waals surface area (Å²) in [5.74, 6) is 0.800. The molecule has 0 aliphatic heterocycles. The van der Waals surface area contributed by atoms with Crippen molar-refractivity contribution in [3.05, 3.63) is 167 Å². The molecule has 13 nitrogen and oxygen atoms in total. The lowest BCUT2D eigenvalue weighted by Gasteiger charge is -2.21. The van der Waals surface area contributed by atoms with Crippen LogP contribution in [0.4, 0.5) is 0 Å². The topological polar surface area (TPSA) is 171 Å². The predicted molar refractivity (Wildman–Crippen MR) is 289 cm³/mol. The van der Waals surface area contributed by atoms with Crippen molar-refractivity contribution in [1.29, 1.82) is 0 Å². The van der Waals surface area contributed by atoms with Gasteiger partial charge in [-0.25, -0.2) is 9.97 Å². The number of hydrogen-bond donors (Lipinski definition) is 4. The molecule has 1 aliphatic rings. The van der Waals surface area contributed by atoms with Gasteiger partial charge in [0.1, 0.15) is 22.7 Å². The maximum atomic E-state index is 4.58. The zero-order valence-corrected chi connectivity index (χ0v) is 41.0. The lowest BCUT2D eigenvalue weighted by molar-refractivity contribution is 0.356. The summed E-state index contributed by atoms with van der Waals surface area (Å²) in [4.78, 5) is 28.6. The molecule has 0 atom stereocenters. The fourth-order valence-electron chi connectivity index (χ4n) is 9.13. The summed E-state index contributed by atoms with van der Waals surface area (Å²) in [6, 6.07) is 18.5. The molecule has 11 rings (SSSR count). The smallest absolute Gasteiger partial charge is 0.138 e. The van der Waals surface area contributed by atoms with Crippen LogP contribution in [0, 0.1) is 5.92 Å². The molecule has 0 saturated heterocycles. The summed E-state index contributed by atoms with van der Waals surface area (Å²) in [5, 5.41) is 25.0. The second-order valence-electron chi connectivity index (χ2n) is 17.7. The molecular weight excluding hydrogens is 879 g/mol. The van der Waals surface area contributed by atoms with E-state index in [0.717, 1.165) is 123 Å². The highest BCUT2D eigenvalue weighted by Crippen LogP contribution is 2.32. The SMILES string of the molecule is C=c1c(-c2cc3c(-c4ccncc4)ccnc3[nH]2)n[nH]/c1=C/C=C(\C)c1cncc(CC2CCCCC2)c1.C=c1c(-c2cc3c(-c4ccncc4)ccnc3[nH]2)n[nH]/c1=C/C=C(\C)c1cnn(C)c1.CC. The van der Waals surface area contributed by atoms with Crippen molar-refractivity contribution < 1.29 is 0 Å². The van der Waals surface area contributed by atoms with E-state index in [9.17, 15) is 0 Å². The molecule has 10 aromatic heterocycles. The molecular formula is C58H59N13. The summed E-state index contributed by atoms with van der Waals surface area (Å²) in [6.07, 6.45) is 34.8. The van der Waals surface area contributed by atoms with E-state index in [1.165, 1.54) is 37.7 Å². The fraction of sp³-hybridized carbons (Fsp3) is 0.207. The Hall–Kier alpha value is -8.58. The number of rotatable bonds is 10. The number of nitrogens with one attached hydrogen (secondary N) is 4. The quantitative estimate of drug-likeness (QED) is 0.105. The molecule has 0 amide bonds. The molecule has 4 N–H and O–H groups in total. The Morgan fingerprint density at radius 1 is 0.634 bits per heavy atom. The zero-order valence-electron chi connectivity index (χ0n) is 41.0. The number of nitrogens with zero attached hydrogens (tertiary/aromatic N) is 9. The highest BCUT2D eigenvalue weighted by atomic mass is 15.2. The lowest BCUT2D eigenvalue weighted by Crippen LogP contribution is -2.21. The molecule has 0 bridgehead atoms. The third-order valence-corrected chi connectivity index (χ3v) is 13.0. The van der Waals surface area contributed by atoms with Crippen molar-refractivity contribution in [2.45, 2.75) is 66.2 Å². The third kappa shape index (κ3) is 10.7. The highest BCUT2D eigenvalue weighted by Gasteiger charge is 2.16. The van der Waals surface area contributed by atoms with Gasteiger partial charge in [-0.3, -0.25) is 29.8 Å². The molecule has 0 unspecified atom stereocenters. The van der Waals surface area contributed by atoms with Crippen molar-refractivity contribution in [3.63, 3.8) is 0 Å². The summed E-state index contributed by atoms with van der Waals surface area (Å²) in [6.45, 7) is 16.7. The van der Waals surface area contributed by atoms with E-state index in [0.29, 0.717) is 0 Å². The number of H-pyrrole nitrogens is 4. The second-order valence-corrected chi connectivity index (χ2v) is 17.7. The molecule has 10 heterocycles. The van der Waals surface area contributed by atoms with Gasteiger partial charge in [0.15, 0.2) is 0 Å². The maximum Gasteiger partial charge on any atom is 0.138 e. The van der Waals surface area contributed by atoms with E-state index in [4.69, 9.17) is 0 Å². The van der Waals surface area contributed by atoms with Gasteiger partial charge in [-0.15, -0.1) is 0 Å². The van der Waals surface area contributed by atoms with Crippen LogP contribution in [0.5, 0.6) is 0 Å². The van der Waals surface area contributed by atoms with Crippen LogP contribution in [0.25, 0.3) is 104 Å². The first-order valence-corrected chi connectivity index (χ1v) is 24.3. The van der Waals surface area contributed by atoms with Crippen molar-refractivity contribution in [3.8, 4) is 45.0 Å². The van der Waals surface area contributed by atoms with Crippen LogP contribution < -0.4 is 21.1 Å². The van der Waals surface area contributed by atoms with E-state index in [-0.39, 0.29) is 0 Å². The predicted octanol–water partition coefficient (Wildman–Crippen LogP) is 9.90. The molecule has 0 spiro atoms. The van der Waals surface area contributed by atoms with Crippen LogP contribution in [0.2, 0.25) is 0 Å². The van der Waals surface area contributed by atoms with Crippen LogP contribution in [0.3, 0.4) is 0 Å². The number of aromatic amines is 4. The normalized spacial score (nSPS) is 13.9. The third-order valence-electron chi connectivity index (χ3n) is 13.0. The van der Waals surface area contributed by atoms with Crippen molar-refractivity contribution in [2.75, 3.05) is 0 Å². The van der Waals surface area contributed by atoms with E-state index in [1.54, 1.807) is 35.7 Å². The molecule has 1 aliphatic carbocycles. The van der Waals surface area contributed by atoms with Gasteiger partial charge in [-0.2, -0.15) is 15.3 Å². The van der Waals surface area contributed by atoms with Crippen LogP contribution >= 0.6 is 0 Å². The van der Waals surface area contributed by atoms with Crippen LogP contribution in [0.1, 0.15) is 76.5 Å². The first kappa shape index (κ1) is 47.5. The van der Waals surface area contributed by atoms with E-state index in [2.05, 4.69) is 112 Å². The van der Waals surface area contributed by atoms with Gasteiger partial charge in [-0.1, -0.05) is 71.3 Å². The number of aryl methyl sites for hydroxylation is 1. The van der Waals surface area contributed by atoms with E-state index >= 15 is 0 Å². The Morgan fingerprint density at radius 2 is 1.15 bits per heavy atom. The summed E-state index contributed by atoms with van der Waals surface area (Å²) >= 11 is 0. The van der Waals surface area contributed by atoms with Gasteiger partial charge in [0.25, 0.3) is 0 Å². The monoisotopic (exact) mass is 938 g/mol. The maximum absolute atomic E-state index is 4.58. The Bertz CT molecular complexity index is 3710. The number of aromatic nitrogens is 13. The van der Waals surface area contributed by atoms with Crippen LogP contribution in [-0.4, -0.2) is 65.1 Å². The average molecular weight is 938 g/mol. The molecule has 0 aromatic carbocycles. The molecule has 10 aromatic rings.